The van der Waals surface area contributed by atoms with Crippen molar-refractivity contribution in [3.8, 4) is 0 Å². The molecule has 0 N–H and O–H groups in total. The zero-order chi connectivity index (χ0) is 18.1. The highest BCUT2D eigenvalue weighted by Gasteiger charge is 2.44. The Morgan fingerprint density at radius 2 is 1.76 bits per heavy atom. The van der Waals surface area contributed by atoms with Gasteiger partial charge in [-0.1, -0.05) is 36.7 Å². The van der Waals surface area contributed by atoms with Gasteiger partial charge in [0.05, 0.1) is 5.71 Å². The van der Waals surface area contributed by atoms with Crippen LogP contribution in [0.15, 0.2) is 17.3 Å². The van der Waals surface area contributed by atoms with Crippen molar-refractivity contribution in [2.45, 2.75) is 71.8 Å². The summed E-state index contributed by atoms with van der Waals surface area (Å²) < 4.78 is 0. The molecule has 0 amide bonds. The summed E-state index contributed by atoms with van der Waals surface area (Å²) in [7, 11) is 0. The number of rotatable bonds is 5. The van der Waals surface area contributed by atoms with Gasteiger partial charge in [-0.15, -0.1) is 0 Å². The van der Waals surface area contributed by atoms with E-state index in [1.165, 1.54) is 5.56 Å². The summed E-state index contributed by atoms with van der Waals surface area (Å²) >= 11 is 0. The first-order valence-electron chi connectivity index (χ1n) is 9.34. The van der Waals surface area contributed by atoms with E-state index in [0.29, 0.717) is 12.8 Å². The van der Waals surface area contributed by atoms with Crippen molar-refractivity contribution < 1.29 is 14.4 Å². The highest BCUT2D eigenvalue weighted by Crippen LogP contribution is 2.39. The SMILES string of the molecule is CCc1cc(C)cc(CC)c1C1C(=O)CC(CC2=NOC(C)C2)C1=O. The molecule has 1 heterocycles. The summed E-state index contributed by atoms with van der Waals surface area (Å²) in [6, 6.07) is 4.25. The van der Waals surface area contributed by atoms with Crippen molar-refractivity contribution in [3.05, 3.63) is 34.4 Å². The van der Waals surface area contributed by atoms with E-state index in [2.05, 4.69) is 38.1 Å². The zero-order valence-corrected chi connectivity index (χ0v) is 15.6. The molecular formula is C21H27NO3. The summed E-state index contributed by atoms with van der Waals surface area (Å²) in [6.07, 6.45) is 3.40. The van der Waals surface area contributed by atoms with Gasteiger partial charge in [0.2, 0.25) is 0 Å². The summed E-state index contributed by atoms with van der Waals surface area (Å²) in [5.41, 5.74) is 5.36. The number of benzene rings is 1. The summed E-state index contributed by atoms with van der Waals surface area (Å²) in [4.78, 5) is 31.1. The predicted molar refractivity (Wildman–Crippen MR) is 98.0 cm³/mol. The summed E-state index contributed by atoms with van der Waals surface area (Å²) in [5.74, 6) is -0.701. The van der Waals surface area contributed by atoms with Crippen LogP contribution in [-0.2, 0) is 27.3 Å². The molecule has 0 bridgehead atoms. The topological polar surface area (TPSA) is 55.7 Å². The number of hydrogen-bond acceptors (Lipinski definition) is 4. The van der Waals surface area contributed by atoms with Crippen LogP contribution in [-0.4, -0.2) is 23.4 Å². The molecule has 0 spiro atoms. The van der Waals surface area contributed by atoms with Crippen molar-refractivity contribution in [2.24, 2.45) is 11.1 Å². The molecule has 1 aliphatic carbocycles. The average Bonchev–Trinajstić information content (AvgIpc) is 3.10. The van der Waals surface area contributed by atoms with E-state index in [0.717, 1.165) is 41.7 Å². The van der Waals surface area contributed by atoms with Crippen LogP contribution in [0.1, 0.15) is 68.2 Å². The Hall–Kier alpha value is -1.97. The number of oxime groups is 1. The molecule has 0 saturated heterocycles. The van der Waals surface area contributed by atoms with Gasteiger partial charge in [0, 0.05) is 18.8 Å². The van der Waals surface area contributed by atoms with Gasteiger partial charge in [-0.3, -0.25) is 9.59 Å². The number of ketones is 2. The van der Waals surface area contributed by atoms with Crippen LogP contribution in [0.3, 0.4) is 0 Å². The first-order chi connectivity index (χ1) is 11.9. The highest BCUT2D eigenvalue weighted by atomic mass is 16.6. The fourth-order valence-electron chi connectivity index (χ4n) is 4.22. The lowest BCUT2D eigenvalue weighted by Crippen LogP contribution is -2.20. The Morgan fingerprint density at radius 3 is 2.28 bits per heavy atom. The minimum Gasteiger partial charge on any atom is -0.392 e. The van der Waals surface area contributed by atoms with Gasteiger partial charge in [-0.2, -0.15) is 0 Å². The second-order valence-corrected chi connectivity index (χ2v) is 7.39. The van der Waals surface area contributed by atoms with E-state index in [-0.39, 0.29) is 23.6 Å². The largest absolute Gasteiger partial charge is 0.392 e. The highest BCUT2D eigenvalue weighted by molar-refractivity contribution is 6.16. The molecule has 0 aromatic heterocycles. The quantitative estimate of drug-likeness (QED) is 0.763. The molecule has 3 unspecified atom stereocenters. The first-order valence-corrected chi connectivity index (χ1v) is 9.34. The van der Waals surface area contributed by atoms with Crippen LogP contribution >= 0.6 is 0 Å². The minimum absolute atomic E-state index is 0.0656. The molecule has 25 heavy (non-hydrogen) atoms. The molecule has 4 nitrogen and oxygen atoms in total. The van der Waals surface area contributed by atoms with Crippen molar-refractivity contribution in [3.63, 3.8) is 0 Å². The lowest BCUT2D eigenvalue weighted by molar-refractivity contribution is -0.124. The third-order valence-corrected chi connectivity index (χ3v) is 5.37. The molecule has 0 radical (unpaired) electrons. The van der Waals surface area contributed by atoms with E-state index < -0.39 is 5.92 Å². The van der Waals surface area contributed by atoms with E-state index in [4.69, 9.17) is 4.84 Å². The summed E-state index contributed by atoms with van der Waals surface area (Å²) in [6.45, 7) is 8.22. The molecule has 134 valence electrons. The molecule has 4 heteroatoms. The average molecular weight is 341 g/mol. The third kappa shape index (κ3) is 3.39. The molecule has 1 saturated carbocycles. The lowest BCUT2D eigenvalue weighted by Gasteiger charge is -2.19. The fourth-order valence-corrected chi connectivity index (χ4v) is 4.22. The van der Waals surface area contributed by atoms with E-state index >= 15 is 0 Å². The van der Waals surface area contributed by atoms with Gasteiger partial charge in [0.25, 0.3) is 0 Å². The normalized spacial score (nSPS) is 26.1. The molecule has 3 atom stereocenters. The second-order valence-electron chi connectivity index (χ2n) is 7.39. The predicted octanol–water partition coefficient (Wildman–Crippen LogP) is 3.92. The van der Waals surface area contributed by atoms with Crippen molar-refractivity contribution in [1.29, 1.82) is 0 Å². The van der Waals surface area contributed by atoms with Gasteiger partial charge in [-0.25, -0.2) is 0 Å². The summed E-state index contributed by atoms with van der Waals surface area (Å²) in [5, 5.41) is 4.07. The Morgan fingerprint density at radius 1 is 1.12 bits per heavy atom. The molecule has 1 aliphatic heterocycles. The Kier molecular flexibility index (Phi) is 5.07. The van der Waals surface area contributed by atoms with Crippen LogP contribution < -0.4 is 0 Å². The van der Waals surface area contributed by atoms with E-state index in [1.54, 1.807) is 0 Å². The van der Waals surface area contributed by atoms with Crippen molar-refractivity contribution >= 4 is 17.3 Å². The van der Waals surface area contributed by atoms with Gasteiger partial charge in [0.15, 0.2) is 5.78 Å². The van der Waals surface area contributed by atoms with Gasteiger partial charge >= 0.3 is 0 Å². The maximum atomic E-state index is 13.1. The van der Waals surface area contributed by atoms with Crippen molar-refractivity contribution in [2.75, 3.05) is 0 Å². The molecule has 1 aromatic carbocycles. The zero-order valence-electron chi connectivity index (χ0n) is 15.6. The van der Waals surface area contributed by atoms with Gasteiger partial charge < -0.3 is 4.84 Å². The first kappa shape index (κ1) is 17.8. The Bertz CT molecular complexity index is 710. The lowest BCUT2D eigenvalue weighted by atomic mass is 9.83. The molecule has 1 fully saturated rings. The van der Waals surface area contributed by atoms with Crippen LogP contribution in [0.4, 0.5) is 0 Å². The molecule has 1 aromatic rings. The van der Waals surface area contributed by atoms with E-state index in [9.17, 15) is 9.59 Å². The number of carbonyl (C=O) groups is 2. The van der Waals surface area contributed by atoms with E-state index in [1.807, 2.05) is 6.92 Å². The van der Waals surface area contributed by atoms with Gasteiger partial charge in [-0.05, 0) is 49.8 Å². The number of hydrogen-bond donors (Lipinski definition) is 0. The molecule has 3 rings (SSSR count). The maximum absolute atomic E-state index is 13.1. The Labute approximate surface area is 149 Å². The third-order valence-electron chi connectivity index (χ3n) is 5.37. The number of Topliss-reactive ketones (excluding diaryl/α,β-unsaturated/α-hetero) is 2. The molecule has 2 aliphatic rings. The Balaban J connectivity index is 1.90. The second kappa shape index (κ2) is 7.11. The minimum atomic E-state index is -0.587. The van der Waals surface area contributed by atoms with Gasteiger partial charge in [0.1, 0.15) is 17.8 Å². The fraction of sp³-hybridized carbons (Fsp3) is 0.571. The van der Waals surface area contributed by atoms with Crippen LogP contribution in [0.2, 0.25) is 0 Å². The maximum Gasteiger partial charge on any atom is 0.151 e. The van der Waals surface area contributed by atoms with Crippen LogP contribution in [0, 0.1) is 12.8 Å². The van der Waals surface area contributed by atoms with Crippen LogP contribution in [0.5, 0.6) is 0 Å². The van der Waals surface area contributed by atoms with Crippen molar-refractivity contribution in [1.82, 2.24) is 0 Å². The number of carbonyl (C=O) groups excluding carboxylic acids is 2. The molecular weight excluding hydrogens is 314 g/mol. The monoisotopic (exact) mass is 341 g/mol. The smallest absolute Gasteiger partial charge is 0.151 e. The number of nitrogens with zero attached hydrogens (tertiary/aromatic N) is 1. The van der Waals surface area contributed by atoms with Crippen LogP contribution in [0.25, 0.3) is 0 Å². The standard InChI is InChI=1S/C21H27NO3/c1-5-14-7-12(3)8-15(6-2)19(14)20-18(23)11-16(21(20)24)10-17-9-13(4)25-22-17/h7-8,13,16,20H,5-6,9-11H2,1-4H3. The number of aryl methyl sites for hydroxylation is 3.